The van der Waals surface area contributed by atoms with Crippen molar-refractivity contribution in [2.45, 2.75) is 0 Å². The van der Waals surface area contributed by atoms with E-state index in [1.54, 1.807) is 61.7 Å². The van der Waals surface area contributed by atoms with Crippen LogP contribution in [0.25, 0.3) is 5.57 Å². The number of benzene rings is 3. The Kier molecular flexibility index (Phi) is 6.24. The SMILES string of the molecule is COc1ccc(NC2=C(c3ccccc3)C(=O)N(c3ccc(OC)c(Cl)c3)C2=O)c(OC)c1. The van der Waals surface area contributed by atoms with Crippen LogP contribution < -0.4 is 24.4 Å². The number of nitrogens with one attached hydrogen (secondary N) is 1. The van der Waals surface area contributed by atoms with E-state index in [1.165, 1.54) is 20.3 Å². The summed E-state index contributed by atoms with van der Waals surface area (Å²) >= 11 is 6.26. The Morgan fingerprint density at radius 2 is 1.52 bits per heavy atom. The van der Waals surface area contributed by atoms with E-state index < -0.39 is 11.8 Å². The zero-order chi connectivity index (χ0) is 23.5. The maximum Gasteiger partial charge on any atom is 0.282 e. The summed E-state index contributed by atoms with van der Waals surface area (Å²) in [7, 11) is 4.56. The molecule has 168 valence electrons. The quantitative estimate of drug-likeness (QED) is 0.508. The van der Waals surface area contributed by atoms with E-state index >= 15 is 0 Å². The smallest absolute Gasteiger partial charge is 0.282 e. The van der Waals surface area contributed by atoms with Gasteiger partial charge in [-0.2, -0.15) is 0 Å². The minimum Gasteiger partial charge on any atom is -0.497 e. The highest BCUT2D eigenvalue weighted by molar-refractivity contribution is 6.46. The fraction of sp³-hybridized carbons (Fsp3) is 0.120. The summed E-state index contributed by atoms with van der Waals surface area (Å²) in [5, 5.41) is 3.39. The summed E-state index contributed by atoms with van der Waals surface area (Å²) in [6.07, 6.45) is 0. The molecule has 0 saturated carbocycles. The van der Waals surface area contributed by atoms with Crippen molar-refractivity contribution in [1.82, 2.24) is 0 Å². The third-order valence-corrected chi connectivity index (χ3v) is 5.50. The Labute approximate surface area is 196 Å². The number of rotatable bonds is 7. The number of hydrogen-bond acceptors (Lipinski definition) is 6. The Balaban J connectivity index is 1.81. The molecule has 8 heteroatoms. The van der Waals surface area contributed by atoms with E-state index in [0.29, 0.717) is 34.2 Å². The first-order chi connectivity index (χ1) is 16.0. The van der Waals surface area contributed by atoms with Crippen molar-refractivity contribution in [1.29, 1.82) is 0 Å². The van der Waals surface area contributed by atoms with Gasteiger partial charge in [0, 0.05) is 6.07 Å². The maximum absolute atomic E-state index is 13.5. The summed E-state index contributed by atoms with van der Waals surface area (Å²) < 4.78 is 15.9. The van der Waals surface area contributed by atoms with Crippen LogP contribution in [0.15, 0.2) is 72.4 Å². The molecule has 0 fully saturated rings. The molecular weight excluding hydrogens is 444 g/mol. The lowest BCUT2D eigenvalue weighted by molar-refractivity contribution is -0.120. The fourth-order valence-electron chi connectivity index (χ4n) is 3.58. The average molecular weight is 465 g/mol. The molecule has 7 nitrogen and oxygen atoms in total. The van der Waals surface area contributed by atoms with Crippen LogP contribution in [-0.2, 0) is 9.59 Å². The second kappa shape index (κ2) is 9.26. The minimum absolute atomic E-state index is 0.126. The summed E-state index contributed by atoms with van der Waals surface area (Å²) in [6.45, 7) is 0. The van der Waals surface area contributed by atoms with E-state index in [9.17, 15) is 9.59 Å². The van der Waals surface area contributed by atoms with Crippen molar-refractivity contribution in [3.63, 3.8) is 0 Å². The van der Waals surface area contributed by atoms with Crippen LogP contribution in [0, 0.1) is 0 Å². The van der Waals surface area contributed by atoms with Gasteiger partial charge in [0.25, 0.3) is 11.8 Å². The summed E-state index contributed by atoms with van der Waals surface area (Å²) in [6, 6.07) is 18.9. The molecule has 4 rings (SSSR count). The van der Waals surface area contributed by atoms with Crippen LogP contribution in [0.1, 0.15) is 5.56 Å². The third kappa shape index (κ3) is 4.10. The van der Waals surface area contributed by atoms with Gasteiger partial charge in [-0.25, -0.2) is 4.90 Å². The normalized spacial score (nSPS) is 13.4. The molecule has 0 atom stereocenters. The van der Waals surface area contributed by atoms with Crippen molar-refractivity contribution >= 4 is 40.4 Å². The van der Waals surface area contributed by atoms with Gasteiger partial charge >= 0.3 is 0 Å². The number of ether oxygens (including phenoxy) is 3. The van der Waals surface area contributed by atoms with Crippen molar-refractivity contribution < 1.29 is 23.8 Å². The Hall–Kier alpha value is -3.97. The molecule has 0 radical (unpaired) electrons. The average Bonchev–Trinajstić information content (AvgIpc) is 3.08. The van der Waals surface area contributed by atoms with Crippen LogP contribution in [-0.4, -0.2) is 33.1 Å². The number of hydrogen-bond donors (Lipinski definition) is 1. The standard InChI is InChI=1S/C25H21ClN2O5/c1-31-17-10-11-19(21(14-17)33-3)27-23-22(15-7-5-4-6-8-15)24(29)28(25(23)30)16-9-12-20(32-2)18(26)13-16/h4-14,27H,1-3H3. The molecule has 1 aliphatic rings. The lowest BCUT2D eigenvalue weighted by Gasteiger charge is -2.17. The molecule has 1 N–H and O–H groups in total. The molecule has 1 aliphatic heterocycles. The number of methoxy groups -OCH3 is 3. The van der Waals surface area contributed by atoms with Gasteiger partial charge in [-0.15, -0.1) is 0 Å². The van der Waals surface area contributed by atoms with E-state index in [-0.39, 0.29) is 16.3 Å². The van der Waals surface area contributed by atoms with Crippen molar-refractivity contribution in [2.75, 3.05) is 31.5 Å². The van der Waals surface area contributed by atoms with E-state index in [4.69, 9.17) is 25.8 Å². The van der Waals surface area contributed by atoms with E-state index in [1.807, 2.05) is 6.07 Å². The molecule has 33 heavy (non-hydrogen) atoms. The zero-order valence-corrected chi connectivity index (χ0v) is 19.0. The topological polar surface area (TPSA) is 77.1 Å². The molecule has 0 saturated heterocycles. The number of carbonyl (C=O) groups is 2. The van der Waals surface area contributed by atoms with Gasteiger partial charge in [0.1, 0.15) is 22.9 Å². The number of halogens is 1. The van der Waals surface area contributed by atoms with E-state index in [2.05, 4.69) is 5.32 Å². The lowest BCUT2D eigenvalue weighted by Crippen LogP contribution is -2.32. The molecular formula is C25H21ClN2O5. The van der Waals surface area contributed by atoms with Crippen molar-refractivity contribution in [3.05, 3.63) is 83.0 Å². The van der Waals surface area contributed by atoms with Crippen LogP contribution in [0.5, 0.6) is 17.2 Å². The highest BCUT2D eigenvalue weighted by Gasteiger charge is 2.40. The van der Waals surface area contributed by atoms with Crippen LogP contribution >= 0.6 is 11.6 Å². The fourth-order valence-corrected chi connectivity index (χ4v) is 3.84. The first-order valence-corrected chi connectivity index (χ1v) is 10.4. The lowest BCUT2D eigenvalue weighted by atomic mass is 10.0. The van der Waals surface area contributed by atoms with Gasteiger partial charge in [0.05, 0.1) is 43.3 Å². The molecule has 0 aliphatic carbocycles. The van der Waals surface area contributed by atoms with Gasteiger partial charge in [-0.05, 0) is 35.9 Å². The second-order valence-corrected chi connectivity index (χ2v) is 7.48. The maximum atomic E-state index is 13.5. The molecule has 3 aromatic rings. The number of amides is 2. The number of nitrogens with zero attached hydrogens (tertiary/aromatic N) is 1. The van der Waals surface area contributed by atoms with Crippen LogP contribution in [0.3, 0.4) is 0 Å². The predicted molar refractivity (Wildman–Crippen MR) is 127 cm³/mol. The summed E-state index contributed by atoms with van der Waals surface area (Å²) in [5.74, 6) is 0.510. The molecule has 2 amide bonds. The van der Waals surface area contributed by atoms with Crippen molar-refractivity contribution in [3.8, 4) is 17.2 Å². The monoisotopic (exact) mass is 464 g/mol. The Morgan fingerprint density at radius 3 is 2.15 bits per heavy atom. The number of imide groups is 1. The Bertz CT molecular complexity index is 1260. The van der Waals surface area contributed by atoms with Gasteiger partial charge in [0.15, 0.2) is 0 Å². The largest absolute Gasteiger partial charge is 0.497 e. The zero-order valence-electron chi connectivity index (χ0n) is 18.2. The molecule has 0 unspecified atom stereocenters. The third-order valence-electron chi connectivity index (χ3n) is 5.21. The number of anilines is 2. The molecule has 0 spiro atoms. The van der Waals surface area contributed by atoms with Gasteiger partial charge in [-0.3, -0.25) is 9.59 Å². The second-order valence-electron chi connectivity index (χ2n) is 7.07. The molecule has 3 aromatic carbocycles. The molecule has 1 heterocycles. The highest BCUT2D eigenvalue weighted by Crippen LogP contribution is 2.38. The van der Waals surface area contributed by atoms with Gasteiger partial charge < -0.3 is 19.5 Å². The first-order valence-electron chi connectivity index (χ1n) is 9.99. The Morgan fingerprint density at radius 1 is 0.788 bits per heavy atom. The van der Waals surface area contributed by atoms with Crippen molar-refractivity contribution in [2.24, 2.45) is 0 Å². The van der Waals surface area contributed by atoms with Crippen LogP contribution in [0.4, 0.5) is 11.4 Å². The number of carbonyl (C=O) groups excluding carboxylic acids is 2. The van der Waals surface area contributed by atoms with Crippen LogP contribution in [0.2, 0.25) is 5.02 Å². The van der Waals surface area contributed by atoms with Gasteiger partial charge in [0.2, 0.25) is 0 Å². The first kappa shape index (κ1) is 22.2. The predicted octanol–water partition coefficient (Wildman–Crippen LogP) is 4.76. The highest BCUT2D eigenvalue weighted by atomic mass is 35.5. The summed E-state index contributed by atoms with van der Waals surface area (Å²) in [4.78, 5) is 28.1. The van der Waals surface area contributed by atoms with Gasteiger partial charge in [-0.1, -0.05) is 41.9 Å². The summed E-state index contributed by atoms with van der Waals surface area (Å²) in [5.41, 5.74) is 1.82. The minimum atomic E-state index is -0.516. The molecule has 0 aromatic heterocycles. The van der Waals surface area contributed by atoms with E-state index in [0.717, 1.165) is 4.90 Å². The molecule has 0 bridgehead atoms.